The first-order chi connectivity index (χ1) is 1.91. The minimum Gasteiger partial charge on any atom is -1.00 e. The minimum absolute atomic E-state index is 0. The second-order valence-electron chi connectivity index (χ2n) is 0.524. The Bertz CT molecular complexity index is 20.9. The Labute approximate surface area is 36.4 Å². The van der Waals surface area contributed by atoms with Crippen molar-refractivity contribution in [3.8, 4) is 0 Å². The summed E-state index contributed by atoms with van der Waals surface area (Å²) < 4.78 is 0. The van der Waals surface area contributed by atoms with E-state index in [-0.39, 0.29) is 1.43 Å². The van der Waals surface area contributed by atoms with Crippen molar-refractivity contribution in [1.29, 1.82) is 0 Å². The molecule has 1 radical (unpaired) electrons. The second-order valence-corrected chi connectivity index (χ2v) is 0.996. The van der Waals surface area contributed by atoms with Crippen LogP contribution in [0.1, 0.15) is 1.43 Å². The third-order valence-electron chi connectivity index (χ3n) is 0.167. The van der Waals surface area contributed by atoms with Gasteiger partial charge in [-0.3, -0.25) is 0 Å². The van der Waals surface area contributed by atoms with Crippen LogP contribution in [-0.4, -0.2) is 16.3 Å². The molecule has 0 rings (SSSR count). The molecule has 0 aromatic rings. The molecular formula is C3H6Al. The summed E-state index contributed by atoms with van der Waals surface area (Å²) >= 11 is 2.54. The third-order valence-corrected chi connectivity index (χ3v) is 0.500. The number of hydrogen-bond donors (Lipinski definition) is 0. The van der Waals surface area contributed by atoms with Crippen LogP contribution in [0.2, 0.25) is 5.28 Å². The van der Waals surface area contributed by atoms with E-state index >= 15 is 0 Å². The molecule has 0 saturated heterocycles. The molecule has 0 saturated carbocycles. The SMILES string of the molecule is C=C[CH2][Al+].[H-]. The monoisotopic (exact) mass is 69.0 g/mol. The maximum absolute atomic E-state index is 3.46. The molecule has 0 atom stereocenters. The van der Waals surface area contributed by atoms with Gasteiger partial charge in [0.2, 0.25) is 0 Å². The molecule has 0 aliphatic heterocycles. The van der Waals surface area contributed by atoms with Gasteiger partial charge in [-0.25, -0.2) is 0 Å². The molecule has 0 aliphatic carbocycles. The number of rotatable bonds is 1. The molecule has 0 nitrogen and oxygen atoms in total. The molecule has 0 spiro atoms. The van der Waals surface area contributed by atoms with Crippen LogP contribution in [0.25, 0.3) is 0 Å². The van der Waals surface area contributed by atoms with E-state index in [1.807, 2.05) is 6.08 Å². The summed E-state index contributed by atoms with van der Waals surface area (Å²) in [6, 6.07) is 0. The Kier molecular flexibility index (Phi) is 3.50. The largest absolute Gasteiger partial charge is 1.00 e. The number of hydrogen-bond acceptors (Lipinski definition) is 0. The van der Waals surface area contributed by atoms with Crippen molar-refractivity contribution in [3.63, 3.8) is 0 Å². The zero-order valence-corrected chi connectivity index (χ0v) is 3.72. The first-order valence-corrected chi connectivity index (χ1v) is 2.04. The zero-order chi connectivity index (χ0) is 3.41. The van der Waals surface area contributed by atoms with Crippen molar-refractivity contribution in [1.82, 2.24) is 0 Å². The molecule has 1 heteroatoms. The zero-order valence-electron chi connectivity index (χ0n) is 3.57. The van der Waals surface area contributed by atoms with Gasteiger partial charge >= 0.3 is 34.2 Å². The summed E-state index contributed by atoms with van der Waals surface area (Å²) in [7, 11) is 0. The predicted molar refractivity (Wildman–Crippen MR) is 21.9 cm³/mol. The summed E-state index contributed by atoms with van der Waals surface area (Å²) in [4.78, 5) is 0. The van der Waals surface area contributed by atoms with Crippen molar-refractivity contribution in [2.24, 2.45) is 0 Å². The van der Waals surface area contributed by atoms with Crippen molar-refractivity contribution >= 4 is 16.3 Å². The molecule has 0 amide bonds. The van der Waals surface area contributed by atoms with E-state index in [1.54, 1.807) is 0 Å². The van der Waals surface area contributed by atoms with Gasteiger partial charge in [0.15, 0.2) is 0 Å². The van der Waals surface area contributed by atoms with Gasteiger partial charge in [0.25, 0.3) is 0 Å². The van der Waals surface area contributed by atoms with Crippen LogP contribution in [-0.2, 0) is 0 Å². The Hall–Kier alpha value is 0.272. The molecule has 0 aromatic heterocycles. The molecule has 21 valence electrons. The fourth-order valence-corrected chi connectivity index (χ4v) is 0. The normalized spacial score (nSPS) is 5.75. The maximum atomic E-state index is 3.46. The Morgan fingerprint density at radius 1 is 2.25 bits per heavy atom. The van der Waals surface area contributed by atoms with Gasteiger partial charge in [0.1, 0.15) is 0 Å². The summed E-state index contributed by atoms with van der Waals surface area (Å²) in [6.07, 6.45) is 1.84. The quantitative estimate of drug-likeness (QED) is 0.316. The van der Waals surface area contributed by atoms with E-state index in [9.17, 15) is 0 Å². The van der Waals surface area contributed by atoms with Gasteiger partial charge in [-0.1, -0.05) is 0 Å². The average Bonchev–Trinajstić information content (AvgIpc) is 1.37. The molecule has 0 unspecified atom stereocenters. The van der Waals surface area contributed by atoms with Gasteiger partial charge in [-0.2, -0.15) is 0 Å². The van der Waals surface area contributed by atoms with Crippen LogP contribution in [0.15, 0.2) is 12.7 Å². The van der Waals surface area contributed by atoms with Gasteiger partial charge in [0, 0.05) is 0 Å². The molecule has 0 heterocycles. The van der Waals surface area contributed by atoms with Crippen LogP contribution >= 0.6 is 0 Å². The summed E-state index contributed by atoms with van der Waals surface area (Å²) in [5, 5.41) is 1.00. The van der Waals surface area contributed by atoms with Crippen LogP contribution in [0.3, 0.4) is 0 Å². The topological polar surface area (TPSA) is 0 Å². The maximum Gasteiger partial charge on any atom is -1.00 e. The standard InChI is InChI=1S/C3H5.Al.H/c1-3-2;;/h3H,1-2H2;;/q;+1;-1. The van der Waals surface area contributed by atoms with Gasteiger partial charge in [-0.15, -0.1) is 0 Å². The van der Waals surface area contributed by atoms with Crippen molar-refractivity contribution in [2.75, 3.05) is 0 Å². The molecule has 0 aliphatic rings. The fraction of sp³-hybridized carbons (Fsp3) is 0.333. The molecule has 0 bridgehead atoms. The Morgan fingerprint density at radius 2 is 2.50 bits per heavy atom. The van der Waals surface area contributed by atoms with E-state index in [0.717, 1.165) is 5.28 Å². The smallest absolute Gasteiger partial charge is 1.00 e. The van der Waals surface area contributed by atoms with E-state index in [1.165, 1.54) is 0 Å². The molecule has 0 N–H and O–H groups in total. The van der Waals surface area contributed by atoms with Crippen LogP contribution < -0.4 is 0 Å². The average molecular weight is 69.1 g/mol. The molecular weight excluding hydrogens is 63.0 g/mol. The van der Waals surface area contributed by atoms with Crippen LogP contribution in [0.5, 0.6) is 0 Å². The minimum atomic E-state index is 0. The molecule has 4 heavy (non-hydrogen) atoms. The van der Waals surface area contributed by atoms with Gasteiger partial charge < -0.3 is 1.43 Å². The Morgan fingerprint density at radius 3 is 2.50 bits per heavy atom. The number of allylic oxidation sites excluding steroid dienone is 1. The van der Waals surface area contributed by atoms with Crippen molar-refractivity contribution < 1.29 is 1.43 Å². The summed E-state index contributed by atoms with van der Waals surface area (Å²) in [6.45, 7) is 3.46. The molecule has 0 aromatic carbocycles. The first-order valence-electron chi connectivity index (χ1n) is 1.22. The van der Waals surface area contributed by atoms with Crippen molar-refractivity contribution in [3.05, 3.63) is 12.7 Å². The van der Waals surface area contributed by atoms with Crippen LogP contribution in [0, 0.1) is 0 Å². The van der Waals surface area contributed by atoms with Crippen molar-refractivity contribution in [2.45, 2.75) is 5.28 Å². The Balaban J connectivity index is 0. The van der Waals surface area contributed by atoms with Gasteiger partial charge in [-0.05, 0) is 0 Å². The second kappa shape index (κ2) is 3.27. The van der Waals surface area contributed by atoms with E-state index in [2.05, 4.69) is 22.9 Å². The van der Waals surface area contributed by atoms with E-state index < -0.39 is 0 Å². The van der Waals surface area contributed by atoms with E-state index in [0.29, 0.717) is 0 Å². The molecule has 0 fully saturated rings. The van der Waals surface area contributed by atoms with Crippen LogP contribution in [0.4, 0.5) is 0 Å². The third kappa shape index (κ3) is 2.27. The van der Waals surface area contributed by atoms with Gasteiger partial charge in [0.05, 0.1) is 0 Å². The first kappa shape index (κ1) is 4.27. The summed E-state index contributed by atoms with van der Waals surface area (Å²) in [5.74, 6) is 0. The fourth-order valence-electron chi connectivity index (χ4n) is 0. The van der Waals surface area contributed by atoms with E-state index in [4.69, 9.17) is 0 Å². The predicted octanol–water partition coefficient (Wildman–Crippen LogP) is 0.872. The summed E-state index contributed by atoms with van der Waals surface area (Å²) in [5.41, 5.74) is 0.